The minimum atomic E-state index is -0.505. The van der Waals surface area contributed by atoms with Crippen molar-refractivity contribution in [2.75, 3.05) is 30.4 Å². The first-order chi connectivity index (χ1) is 14.4. The van der Waals surface area contributed by atoms with Gasteiger partial charge < -0.3 is 15.0 Å². The quantitative estimate of drug-likeness (QED) is 0.709. The molecule has 7 nitrogen and oxygen atoms in total. The number of piperidine rings is 1. The van der Waals surface area contributed by atoms with Crippen LogP contribution in [-0.4, -0.2) is 41.1 Å². The van der Waals surface area contributed by atoms with E-state index in [-0.39, 0.29) is 17.6 Å². The molecule has 1 N–H and O–H groups in total. The molecule has 0 unspecified atom stereocenters. The number of carbonyl (C=O) groups is 1. The number of rotatable bonds is 4. The Morgan fingerprint density at radius 3 is 2.80 bits per heavy atom. The maximum absolute atomic E-state index is 13.9. The van der Waals surface area contributed by atoms with E-state index in [1.807, 2.05) is 19.9 Å². The number of halogens is 1. The van der Waals surface area contributed by atoms with E-state index in [1.165, 1.54) is 19.2 Å². The number of carbonyl (C=O) groups excluding carboxylic acids is 1. The number of nitrogens with zero attached hydrogens (tertiary/aromatic N) is 4. The van der Waals surface area contributed by atoms with E-state index in [0.717, 1.165) is 42.0 Å². The summed E-state index contributed by atoms with van der Waals surface area (Å²) in [5.74, 6) is -0.682. The molecule has 156 valence electrons. The normalized spacial score (nSPS) is 16.5. The van der Waals surface area contributed by atoms with Crippen molar-refractivity contribution >= 4 is 28.4 Å². The van der Waals surface area contributed by atoms with Gasteiger partial charge in [0.05, 0.1) is 36.3 Å². The Balaban J connectivity index is 1.48. The molecule has 1 amide bonds. The Kier molecular flexibility index (Phi) is 5.48. The molecule has 0 spiro atoms. The smallest absolute Gasteiger partial charge is 0.229 e. The summed E-state index contributed by atoms with van der Waals surface area (Å²) < 4.78 is 18.8. The average Bonchev–Trinajstić information content (AvgIpc) is 2.74. The summed E-state index contributed by atoms with van der Waals surface area (Å²) in [6.07, 6.45) is 3.44. The maximum atomic E-state index is 13.9. The van der Waals surface area contributed by atoms with Gasteiger partial charge in [-0.2, -0.15) is 0 Å². The number of nitrogens with one attached hydrogen (secondary N) is 1. The number of hydrogen-bond donors (Lipinski definition) is 1. The minimum Gasteiger partial charge on any atom is -0.494 e. The lowest BCUT2D eigenvalue weighted by atomic mass is 9.96. The van der Waals surface area contributed by atoms with E-state index in [9.17, 15) is 9.18 Å². The Morgan fingerprint density at radius 2 is 2.03 bits per heavy atom. The number of pyridine rings is 1. The van der Waals surface area contributed by atoms with Gasteiger partial charge in [0.1, 0.15) is 5.52 Å². The van der Waals surface area contributed by atoms with Gasteiger partial charge in [-0.1, -0.05) is 0 Å². The highest BCUT2D eigenvalue weighted by atomic mass is 19.1. The fourth-order valence-electron chi connectivity index (χ4n) is 3.69. The predicted molar refractivity (Wildman–Crippen MR) is 113 cm³/mol. The van der Waals surface area contributed by atoms with Crippen molar-refractivity contribution in [3.63, 3.8) is 0 Å². The molecule has 1 aliphatic rings. The molecule has 0 bridgehead atoms. The van der Waals surface area contributed by atoms with Crippen molar-refractivity contribution < 1.29 is 13.9 Å². The Labute approximate surface area is 174 Å². The average molecular weight is 409 g/mol. The lowest BCUT2D eigenvalue weighted by Gasteiger charge is -2.33. The van der Waals surface area contributed by atoms with Crippen molar-refractivity contribution in [3.8, 4) is 5.75 Å². The van der Waals surface area contributed by atoms with Gasteiger partial charge in [0.25, 0.3) is 0 Å². The van der Waals surface area contributed by atoms with E-state index >= 15 is 0 Å². The summed E-state index contributed by atoms with van der Waals surface area (Å²) in [4.78, 5) is 28.4. The van der Waals surface area contributed by atoms with Crippen LogP contribution >= 0.6 is 0 Å². The first-order valence-electron chi connectivity index (χ1n) is 9.95. The van der Waals surface area contributed by atoms with Crippen molar-refractivity contribution in [2.45, 2.75) is 26.7 Å². The second-order valence-corrected chi connectivity index (χ2v) is 7.55. The van der Waals surface area contributed by atoms with E-state index < -0.39 is 5.82 Å². The van der Waals surface area contributed by atoms with Crippen molar-refractivity contribution in [1.82, 2.24) is 15.0 Å². The monoisotopic (exact) mass is 409 g/mol. The van der Waals surface area contributed by atoms with Crippen LogP contribution in [0.4, 0.5) is 15.8 Å². The number of aryl methyl sites for hydroxylation is 2. The van der Waals surface area contributed by atoms with Gasteiger partial charge in [-0.25, -0.2) is 19.3 Å². The SMILES string of the molecule is COc1ccc(NC(=O)[C@@H]2CCCN(c3cnc4nc(C)c(C)nc4c3)C2)cc1F. The number of ether oxygens (including phenoxy) is 1. The fourth-order valence-corrected chi connectivity index (χ4v) is 3.69. The number of benzene rings is 1. The first kappa shape index (κ1) is 20.0. The molecule has 30 heavy (non-hydrogen) atoms. The van der Waals surface area contributed by atoms with Crippen molar-refractivity contribution in [2.24, 2.45) is 5.92 Å². The summed E-state index contributed by atoms with van der Waals surface area (Å²) in [5.41, 5.74) is 4.46. The number of fused-ring (bicyclic) bond motifs is 1. The third-order valence-electron chi connectivity index (χ3n) is 5.49. The standard InChI is InChI=1S/C22H24FN5O2/c1-13-14(2)26-21-19(25-13)10-17(11-24-21)28-8-4-5-15(12-28)22(29)27-16-6-7-20(30-3)18(23)9-16/h6-7,9-11,15H,4-5,8,12H2,1-3H3,(H,27,29)/t15-/m1/s1. The highest BCUT2D eigenvalue weighted by Gasteiger charge is 2.26. The molecular weight excluding hydrogens is 385 g/mol. The largest absolute Gasteiger partial charge is 0.494 e. The molecule has 1 fully saturated rings. The van der Waals surface area contributed by atoms with Crippen LogP contribution in [0.15, 0.2) is 30.5 Å². The first-order valence-corrected chi connectivity index (χ1v) is 9.95. The zero-order valence-corrected chi connectivity index (χ0v) is 17.3. The Morgan fingerprint density at radius 1 is 1.23 bits per heavy atom. The molecule has 4 rings (SSSR count). The third-order valence-corrected chi connectivity index (χ3v) is 5.49. The molecule has 3 heterocycles. The van der Waals surface area contributed by atoms with Crippen LogP contribution in [0.3, 0.4) is 0 Å². The fraction of sp³-hybridized carbons (Fsp3) is 0.364. The number of anilines is 2. The Hall–Kier alpha value is -3.29. The topological polar surface area (TPSA) is 80.2 Å². The van der Waals surface area contributed by atoms with E-state index in [4.69, 9.17) is 4.74 Å². The molecule has 0 radical (unpaired) electrons. The molecule has 1 aromatic carbocycles. The summed E-state index contributed by atoms with van der Waals surface area (Å²) in [6.45, 7) is 5.25. The number of amides is 1. The zero-order chi connectivity index (χ0) is 21.3. The van der Waals surface area contributed by atoms with Crippen LogP contribution in [-0.2, 0) is 4.79 Å². The zero-order valence-electron chi connectivity index (χ0n) is 17.3. The molecule has 0 aliphatic carbocycles. The molecule has 0 saturated carbocycles. The molecule has 8 heteroatoms. The van der Waals surface area contributed by atoms with Crippen LogP contribution in [0, 0.1) is 25.6 Å². The molecule has 1 aliphatic heterocycles. The van der Waals surface area contributed by atoms with Crippen molar-refractivity contribution in [1.29, 1.82) is 0 Å². The van der Waals surface area contributed by atoms with Gasteiger partial charge in [0.2, 0.25) is 5.91 Å². The van der Waals surface area contributed by atoms with Gasteiger partial charge >= 0.3 is 0 Å². The molecule has 3 aromatic rings. The van der Waals surface area contributed by atoms with Crippen LogP contribution in [0.25, 0.3) is 11.2 Å². The summed E-state index contributed by atoms with van der Waals surface area (Å²) in [6, 6.07) is 6.38. The molecular formula is C22H24FN5O2. The van der Waals surface area contributed by atoms with Gasteiger partial charge in [0.15, 0.2) is 17.2 Å². The van der Waals surface area contributed by atoms with Gasteiger partial charge in [-0.05, 0) is 44.9 Å². The van der Waals surface area contributed by atoms with E-state index in [0.29, 0.717) is 17.9 Å². The van der Waals surface area contributed by atoms with Crippen LogP contribution < -0.4 is 15.0 Å². The molecule has 1 saturated heterocycles. The van der Waals surface area contributed by atoms with Gasteiger partial charge in [-0.3, -0.25) is 4.79 Å². The van der Waals surface area contributed by atoms with Gasteiger partial charge in [0, 0.05) is 24.8 Å². The highest BCUT2D eigenvalue weighted by Crippen LogP contribution is 2.26. The van der Waals surface area contributed by atoms with Crippen LogP contribution in [0.1, 0.15) is 24.2 Å². The van der Waals surface area contributed by atoms with Crippen LogP contribution in [0.2, 0.25) is 0 Å². The number of aromatic nitrogens is 3. The van der Waals surface area contributed by atoms with E-state index in [1.54, 1.807) is 12.3 Å². The Bertz CT molecular complexity index is 1100. The lowest BCUT2D eigenvalue weighted by molar-refractivity contribution is -0.120. The summed E-state index contributed by atoms with van der Waals surface area (Å²) >= 11 is 0. The number of hydrogen-bond acceptors (Lipinski definition) is 6. The molecule has 1 atom stereocenters. The highest BCUT2D eigenvalue weighted by molar-refractivity contribution is 5.93. The summed E-state index contributed by atoms with van der Waals surface area (Å²) in [5, 5.41) is 2.82. The minimum absolute atomic E-state index is 0.121. The van der Waals surface area contributed by atoms with Gasteiger partial charge in [-0.15, -0.1) is 0 Å². The van der Waals surface area contributed by atoms with Crippen LogP contribution in [0.5, 0.6) is 5.75 Å². The number of methoxy groups -OCH3 is 1. The third kappa shape index (κ3) is 4.03. The predicted octanol–water partition coefficient (Wildman–Crippen LogP) is 3.64. The molecule has 2 aromatic heterocycles. The maximum Gasteiger partial charge on any atom is 0.229 e. The van der Waals surface area contributed by atoms with E-state index in [2.05, 4.69) is 25.2 Å². The van der Waals surface area contributed by atoms with Crippen molar-refractivity contribution in [3.05, 3.63) is 47.7 Å². The lowest BCUT2D eigenvalue weighted by Crippen LogP contribution is -2.40. The summed E-state index contributed by atoms with van der Waals surface area (Å²) in [7, 11) is 1.41. The second kappa shape index (κ2) is 8.22. The second-order valence-electron chi connectivity index (χ2n) is 7.55.